The second-order valence-electron chi connectivity index (χ2n) is 11.0. The van der Waals surface area contributed by atoms with E-state index in [1.54, 1.807) is 30.3 Å². The number of hydrogen-bond donors (Lipinski definition) is 4. The van der Waals surface area contributed by atoms with Gasteiger partial charge in [-0.1, -0.05) is 39.0 Å². The zero-order chi connectivity index (χ0) is 30.7. The second kappa shape index (κ2) is 12.6. The SMILES string of the molecule is CCC(C)(C)COC(=O)[C@H](C)N[P@](=O)(OC[C@@]1(CF)O[C@@H](c2ccc3c(N)ncnn23)[C@H](O)[C@@H]1O)Oc1ccccc1. The number of nitrogens with zero attached hydrogens (tertiary/aromatic N) is 3. The zero-order valence-corrected chi connectivity index (χ0v) is 24.7. The van der Waals surface area contributed by atoms with Gasteiger partial charge in [-0.15, -0.1) is 0 Å². The Morgan fingerprint density at radius 3 is 2.67 bits per heavy atom. The molecular weight excluding hydrogens is 572 g/mol. The normalized spacial score (nSPS) is 24.8. The standard InChI is InChI=1S/C27H37FN5O8P/c1-5-26(3,4)14-38-25(36)17(2)32-42(37,41-18-9-7-6-8-10-18)39-15-27(13-28)23(35)21(34)22(40-27)19-11-12-20-24(29)30-16-31-33(19)20/h6-12,16-17,21-23,34-35H,5,13-15H2,1-4H3,(H,32,37)(H2,29,30,31)/t17-,21-,22-,23-,27+,42-/m0/s1. The van der Waals surface area contributed by atoms with Gasteiger partial charge in [0, 0.05) is 0 Å². The number of para-hydroxylation sites is 1. The molecule has 1 aliphatic rings. The predicted octanol–water partition coefficient (Wildman–Crippen LogP) is 2.97. The first-order valence-corrected chi connectivity index (χ1v) is 15.0. The van der Waals surface area contributed by atoms with Gasteiger partial charge in [-0.25, -0.2) is 18.5 Å². The maximum atomic E-state index is 14.7. The number of carbonyl (C=O) groups is 1. The Bertz CT molecular complexity index is 1430. The Balaban J connectivity index is 1.55. The molecule has 0 radical (unpaired) electrons. The molecule has 0 saturated carbocycles. The predicted molar refractivity (Wildman–Crippen MR) is 150 cm³/mol. The highest BCUT2D eigenvalue weighted by molar-refractivity contribution is 7.52. The Labute approximate surface area is 242 Å². The van der Waals surface area contributed by atoms with Crippen molar-refractivity contribution in [1.82, 2.24) is 19.7 Å². The summed E-state index contributed by atoms with van der Waals surface area (Å²) in [6.07, 6.45) is -2.71. The van der Waals surface area contributed by atoms with Crippen LogP contribution in [-0.4, -0.2) is 74.5 Å². The minimum Gasteiger partial charge on any atom is -0.464 e. The molecule has 3 heterocycles. The second-order valence-corrected chi connectivity index (χ2v) is 12.7. The van der Waals surface area contributed by atoms with Crippen molar-refractivity contribution >= 4 is 25.1 Å². The summed E-state index contributed by atoms with van der Waals surface area (Å²) in [6, 6.07) is 10.0. The summed E-state index contributed by atoms with van der Waals surface area (Å²) in [6.45, 7) is 5.26. The van der Waals surface area contributed by atoms with Crippen LogP contribution >= 0.6 is 7.75 Å². The molecular formula is C27H37FN5O8P. The average Bonchev–Trinajstić information content (AvgIpc) is 3.51. The summed E-state index contributed by atoms with van der Waals surface area (Å²) in [5, 5.41) is 28.5. The molecule has 4 rings (SSSR count). The smallest absolute Gasteiger partial charge is 0.459 e. The molecule has 230 valence electrons. The van der Waals surface area contributed by atoms with Crippen molar-refractivity contribution in [3.8, 4) is 5.75 Å². The van der Waals surface area contributed by atoms with Crippen molar-refractivity contribution < 1.29 is 42.5 Å². The molecule has 1 aromatic carbocycles. The number of ether oxygens (including phenoxy) is 2. The number of esters is 1. The summed E-state index contributed by atoms with van der Waals surface area (Å²) in [4.78, 5) is 16.6. The summed E-state index contributed by atoms with van der Waals surface area (Å²) in [5.41, 5.74) is 4.16. The lowest BCUT2D eigenvalue weighted by Gasteiger charge is -2.31. The van der Waals surface area contributed by atoms with Gasteiger partial charge in [-0.2, -0.15) is 10.2 Å². The third kappa shape index (κ3) is 6.74. The van der Waals surface area contributed by atoms with E-state index in [-0.39, 0.29) is 29.3 Å². The van der Waals surface area contributed by atoms with Gasteiger partial charge in [0.25, 0.3) is 0 Å². The molecule has 15 heteroatoms. The molecule has 3 aromatic rings. The fraction of sp³-hybridized carbons (Fsp3) is 0.519. The van der Waals surface area contributed by atoms with Crippen molar-refractivity contribution in [2.75, 3.05) is 25.6 Å². The van der Waals surface area contributed by atoms with Gasteiger partial charge in [-0.3, -0.25) is 9.32 Å². The van der Waals surface area contributed by atoms with Crippen LogP contribution < -0.4 is 15.3 Å². The van der Waals surface area contributed by atoms with Gasteiger partial charge in [0.05, 0.1) is 18.9 Å². The van der Waals surface area contributed by atoms with E-state index in [2.05, 4.69) is 15.2 Å². The van der Waals surface area contributed by atoms with Gasteiger partial charge >= 0.3 is 13.7 Å². The van der Waals surface area contributed by atoms with Crippen LogP contribution in [0.5, 0.6) is 5.75 Å². The first-order valence-electron chi connectivity index (χ1n) is 13.5. The van der Waals surface area contributed by atoms with Crippen LogP contribution in [0.4, 0.5) is 10.2 Å². The number of anilines is 1. The lowest BCUT2D eigenvalue weighted by molar-refractivity contribution is -0.148. The topological polar surface area (TPSA) is 180 Å². The van der Waals surface area contributed by atoms with Crippen LogP contribution in [0.3, 0.4) is 0 Å². The highest BCUT2D eigenvalue weighted by Gasteiger charge is 2.57. The van der Waals surface area contributed by atoms with E-state index in [4.69, 9.17) is 24.3 Å². The minimum absolute atomic E-state index is 0.133. The third-order valence-electron chi connectivity index (χ3n) is 7.28. The number of aromatic nitrogens is 3. The number of nitrogens with two attached hydrogens (primary N) is 1. The van der Waals surface area contributed by atoms with E-state index in [0.29, 0.717) is 5.52 Å². The van der Waals surface area contributed by atoms with Gasteiger partial charge < -0.3 is 29.9 Å². The van der Waals surface area contributed by atoms with Crippen molar-refractivity contribution in [2.45, 2.75) is 64.1 Å². The largest absolute Gasteiger partial charge is 0.464 e. The quantitative estimate of drug-likeness (QED) is 0.165. The lowest BCUT2D eigenvalue weighted by Crippen LogP contribution is -2.49. The summed E-state index contributed by atoms with van der Waals surface area (Å²) >= 11 is 0. The number of aliphatic hydroxyl groups excluding tert-OH is 2. The molecule has 1 aliphatic heterocycles. The van der Waals surface area contributed by atoms with E-state index in [9.17, 15) is 24.0 Å². The van der Waals surface area contributed by atoms with Crippen molar-refractivity contribution in [2.24, 2.45) is 5.41 Å². The number of alkyl halides is 1. The molecule has 5 N–H and O–H groups in total. The summed E-state index contributed by atoms with van der Waals surface area (Å²) < 4.78 is 52.5. The Hall–Kier alpha value is -3.13. The summed E-state index contributed by atoms with van der Waals surface area (Å²) in [7, 11) is -4.44. The van der Waals surface area contributed by atoms with E-state index in [1.165, 1.54) is 29.9 Å². The van der Waals surface area contributed by atoms with Crippen molar-refractivity contribution in [3.63, 3.8) is 0 Å². The molecule has 0 aliphatic carbocycles. The number of nitrogen functional groups attached to an aromatic ring is 1. The molecule has 1 saturated heterocycles. The number of carbonyl (C=O) groups excluding carboxylic acids is 1. The molecule has 0 spiro atoms. The molecule has 6 atom stereocenters. The fourth-order valence-corrected chi connectivity index (χ4v) is 5.80. The first-order chi connectivity index (χ1) is 19.8. The number of nitrogens with one attached hydrogen (secondary N) is 1. The first kappa shape index (κ1) is 31.8. The highest BCUT2D eigenvalue weighted by Crippen LogP contribution is 2.48. The van der Waals surface area contributed by atoms with Crippen LogP contribution in [0.2, 0.25) is 0 Å². The van der Waals surface area contributed by atoms with Gasteiger partial charge in [0.15, 0.2) is 5.82 Å². The Kier molecular flexibility index (Phi) is 9.55. The lowest BCUT2D eigenvalue weighted by atomic mass is 9.92. The molecule has 0 bridgehead atoms. The van der Waals surface area contributed by atoms with Crippen LogP contribution in [0, 0.1) is 5.41 Å². The number of fused-ring (bicyclic) bond motifs is 1. The van der Waals surface area contributed by atoms with Gasteiger partial charge in [0.2, 0.25) is 0 Å². The summed E-state index contributed by atoms with van der Waals surface area (Å²) in [5.74, 6) is -0.398. The van der Waals surface area contributed by atoms with Crippen molar-refractivity contribution in [1.29, 1.82) is 0 Å². The molecule has 2 aromatic heterocycles. The Morgan fingerprint density at radius 1 is 1.29 bits per heavy atom. The van der Waals surface area contributed by atoms with Crippen molar-refractivity contribution in [3.05, 3.63) is 54.5 Å². The van der Waals surface area contributed by atoms with Crippen LogP contribution in [0.25, 0.3) is 5.52 Å². The zero-order valence-electron chi connectivity index (χ0n) is 23.8. The maximum Gasteiger partial charge on any atom is 0.459 e. The molecule has 13 nitrogen and oxygen atoms in total. The van der Waals surface area contributed by atoms with Crippen LogP contribution in [0.15, 0.2) is 48.8 Å². The van der Waals surface area contributed by atoms with Gasteiger partial charge in [0.1, 0.15) is 54.2 Å². The fourth-order valence-electron chi connectivity index (χ4n) is 4.25. The molecule has 0 unspecified atom stereocenters. The van der Waals surface area contributed by atoms with Crippen LogP contribution in [-0.2, 0) is 23.4 Å². The number of hydrogen-bond acceptors (Lipinski definition) is 11. The van der Waals surface area contributed by atoms with Gasteiger partial charge in [-0.05, 0) is 43.0 Å². The monoisotopic (exact) mass is 609 g/mol. The van der Waals surface area contributed by atoms with E-state index in [1.807, 2.05) is 20.8 Å². The van der Waals surface area contributed by atoms with Crippen LogP contribution in [0.1, 0.15) is 45.9 Å². The van der Waals surface area contributed by atoms with E-state index < -0.39 is 57.0 Å². The molecule has 1 fully saturated rings. The Morgan fingerprint density at radius 2 is 2.00 bits per heavy atom. The molecule has 42 heavy (non-hydrogen) atoms. The van der Waals surface area contributed by atoms with E-state index >= 15 is 0 Å². The minimum atomic E-state index is -4.44. The number of aliphatic hydroxyl groups is 2. The number of benzene rings is 1. The third-order valence-corrected chi connectivity index (χ3v) is 8.90. The highest BCUT2D eigenvalue weighted by atomic mass is 31.2. The molecule has 0 amide bonds. The average molecular weight is 610 g/mol. The maximum absolute atomic E-state index is 14.7. The number of rotatable bonds is 13. The number of halogens is 1. The van der Waals surface area contributed by atoms with E-state index in [0.717, 1.165) is 6.42 Å².